The number of benzene rings is 5. The Balaban J connectivity index is 1.35. The van der Waals surface area contributed by atoms with Gasteiger partial charge in [0.25, 0.3) is 0 Å². The number of fused-ring (bicyclic) bond motifs is 13. The van der Waals surface area contributed by atoms with Gasteiger partial charge < -0.3 is 13.7 Å². The number of furan rings is 1. The minimum absolute atomic E-state index is 0.388. The van der Waals surface area contributed by atoms with Gasteiger partial charge in [0.1, 0.15) is 11.2 Å². The summed E-state index contributed by atoms with van der Waals surface area (Å²) in [5.41, 5.74) is 11.9. The Hall–Kier alpha value is -4.12. The van der Waals surface area contributed by atoms with Crippen LogP contribution in [0.2, 0.25) is 0 Å². The lowest BCUT2D eigenvalue weighted by Gasteiger charge is -2.32. The van der Waals surface area contributed by atoms with Gasteiger partial charge in [-0.2, -0.15) is 0 Å². The van der Waals surface area contributed by atoms with Gasteiger partial charge in [0.05, 0.1) is 16.6 Å². The summed E-state index contributed by atoms with van der Waals surface area (Å²) in [5, 5.41) is 2.20. The van der Waals surface area contributed by atoms with Crippen LogP contribution in [0.15, 0.2) is 108 Å². The van der Waals surface area contributed by atoms with E-state index in [9.17, 15) is 0 Å². The molecule has 41 heavy (non-hydrogen) atoms. The van der Waals surface area contributed by atoms with E-state index in [0.29, 0.717) is 0 Å². The molecule has 1 aliphatic heterocycles. The van der Waals surface area contributed by atoms with E-state index in [4.69, 9.17) is 13.7 Å². The number of para-hydroxylation sites is 1. The van der Waals surface area contributed by atoms with Crippen molar-refractivity contribution < 1.29 is 13.7 Å². The van der Waals surface area contributed by atoms with Crippen molar-refractivity contribution in [3.05, 3.63) is 125 Å². The summed E-state index contributed by atoms with van der Waals surface area (Å²) in [5.74, 6) is 0. The summed E-state index contributed by atoms with van der Waals surface area (Å²) in [7, 11) is -0.489. The summed E-state index contributed by atoms with van der Waals surface area (Å²) in [6, 6.07) is 37.7. The Bertz CT molecular complexity index is 2020. The van der Waals surface area contributed by atoms with Crippen LogP contribution in [0.4, 0.5) is 0 Å². The first kappa shape index (κ1) is 23.6. The van der Waals surface area contributed by atoms with Crippen LogP contribution >= 0.6 is 0 Å². The molecule has 0 N–H and O–H groups in total. The number of hydrogen-bond donors (Lipinski definition) is 0. The predicted molar refractivity (Wildman–Crippen MR) is 166 cm³/mol. The zero-order valence-corrected chi connectivity index (χ0v) is 23.6. The summed E-state index contributed by atoms with van der Waals surface area (Å²) in [6.45, 7) is 8.35. The average Bonchev–Trinajstić information content (AvgIpc) is 3.64. The second-order valence-electron chi connectivity index (χ2n) is 12.7. The molecular formula is C37H29BO3. The van der Waals surface area contributed by atoms with E-state index in [1.54, 1.807) is 0 Å². The molecule has 4 heteroatoms. The lowest BCUT2D eigenvalue weighted by Crippen LogP contribution is -2.41. The fraction of sp³-hybridized carbons (Fsp3) is 0.189. The molecule has 0 atom stereocenters. The van der Waals surface area contributed by atoms with Crippen molar-refractivity contribution in [3.63, 3.8) is 0 Å². The molecule has 198 valence electrons. The average molecular weight is 532 g/mol. The lowest BCUT2D eigenvalue weighted by atomic mass is 9.70. The molecule has 0 saturated carbocycles. The molecular weight excluding hydrogens is 503 g/mol. The second kappa shape index (κ2) is 7.58. The predicted octanol–water partition coefficient (Wildman–Crippen LogP) is 8.23. The zero-order chi connectivity index (χ0) is 27.7. The van der Waals surface area contributed by atoms with Gasteiger partial charge in [0.15, 0.2) is 0 Å². The van der Waals surface area contributed by atoms with Gasteiger partial charge in [-0.15, -0.1) is 0 Å². The Morgan fingerprint density at radius 3 is 1.63 bits per heavy atom. The van der Waals surface area contributed by atoms with Crippen LogP contribution in [0, 0.1) is 0 Å². The van der Waals surface area contributed by atoms with Crippen LogP contribution in [0.5, 0.6) is 0 Å². The molecule has 0 amide bonds. The van der Waals surface area contributed by atoms with Gasteiger partial charge in [0, 0.05) is 16.2 Å². The summed E-state index contributed by atoms with van der Waals surface area (Å²) < 4.78 is 19.7. The van der Waals surface area contributed by atoms with E-state index >= 15 is 0 Å². The second-order valence-corrected chi connectivity index (χ2v) is 12.7. The van der Waals surface area contributed by atoms with Gasteiger partial charge in [-0.3, -0.25) is 0 Å². The molecule has 3 aliphatic rings. The van der Waals surface area contributed by atoms with E-state index in [1.807, 2.05) is 0 Å². The van der Waals surface area contributed by atoms with Crippen molar-refractivity contribution in [2.24, 2.45) is 0 Å². The van der Waals surface area contributed by atoms with E-state index in [1.165, 1.54) is 44.5 Å². The topological polar surface area (TPSA) is 31.6 Å². The van der Waals surface area contributed by atoms with Crippen LogP contribution in [0.1, 0.15) is 49.9 Å². The first-order valence-electron chi connectivity index (χ1n) is 14.5. The molecule has 6 aromatic rings. The van der Waals surface area contributed by atoms with Gasteiger partial charge >= 0.3 is 7.12 Å². The fourth-order valence-electron chi connectivity index (χ4n) is 7.56. The summed E-state index contributed by atoms with van der Waals surface area (Å²) >= 11 is 0. The van der Waals surface area contributed by atoms with Crippen molar-refractivity contribution in [3.8, 4) is 22.3 Å². The largest absolute Gasteiger partial charge is 0.498 e. The Morgan fingerprint density at radius 2 is 1.05 bits per heavy atom. The lowest BCUT2D eigenvalue weighted by molar-refractivity contribution is 0.00578. The van der Waals surface area contributed by atoms with Crippen molar-refractivity contribution in [1.29, 1.82) is 0 Å². The molecule has 1 fully saturated rings. The third-order valence-electron chi connectivity index (χ3n) is 10.2. The fourth-order valence-corrected chi connectivity index (χ4v) is 7.56. The van der Waals surface area contributed by atoms with Crippen LogP contribution in [0.3, 0.4) is 0 Å². The smallest absolute Gasteiger partial charge is 0.456 e. The molecule has 0 bridgehead atoms. The van der Waals surface area contributed by atoms with Crippen molar-refractivity contribution in [2.75, 3.05) is 0 Å². The minimum atomic E-state index is -0.489. The van der Waals surface area contributed by atoms with E-state index in [2.05, 4.69) is 131 Å². The van der Waals surface area contributed by atoms with Crippen LogP contribution in [-0.2, 0) is 14.7 Å². The van der Waals surface area contributed by atoms with E-state index < -0.39 is 18.3 Å². The van der Waals surface area contributed by atoms with Crippen molar-refractivity contribution in [1.82, 2.24) is 0 Å². The van der Waals surface area contributed by atoms with Gasteiger partial charge in [0.2, 0.25) is 0 Å². The molecule has 0 unspecified atom stereocenters. The first-order valence-corrected chi connectivity index (χ1v) is 14.5. The maximum absolute atomic E-state index is 6.78. The zero-order valence-electron chi connectivity index (χ0n) is 23.6. The summed E-state index contributed by atoms with van der Waals surface area (Å²) in [4.78, 5) is 0. The molecule has 2 aliphatic carbocycles. The molecule has 9 rings (SSSR count). The van der Waals surface area contributed by atoms with Crippen LogP contribution in [-0.4, -0.2) is 18.3 Å². The van der Waals surface area contributed by atoms with Gasteiger partial charge in [-0.25, -0.2) is 0 Å². The highest BCUT2D eigenvalue weighted by atomic mass is 16.7. The van der Waals surface area contributed by atoms with Crippen molar-refractivity contribution in [2.45, 2.75) is 44.3 Å². The molecule has 2 heterocycles. The standard InChI is InChI=1S/C37H29BO3/c1-35(2)36(3,4)41-38(40-35)32-19-11-15-25-27-20-26-24-14-7-10-18-30(24)37(31(26)21-33(27)39-34(25)32)28-16-8-5-12-22(28)23-13-6-9-17-29(23)37/h5-21H,1-4H3. The molecule has 3 nitrogen and oxygen atoms in total. The normalized spacial score (nSPS) is 18.6. The highest BCUT2D eigenvalue weighted by Gasteiger charge is 2.53. The van der Waals surface area contributed by atoms with E-state index in [0.717, 1.165) is 27.4 Å². The van der Waals surface area contributed by atoms with Crippen LogP contribution < -0.4 is 5.46 Å². The quantitative estimate of drug-likeness (QED) is 0.200. The highest BCUT2D eigenvalue weighted by Crippen LogP contribution is 2.63. The third-order valence-corrected chi connectivity index (χ3v) is 10.2. The first-order chi connectivity index (χ1) is 19.8. The summed E-state index contributed by atoms with van der Waals surface area (Å²) in [6.07, 6.45) is 0. The Morgan fingerprint density at radius 1 is 0.512 bits per heavy atom. The third kappa shape index (κ3) is 2.77. The molecule has 5 aromatic carbocycles. The van der Waals surface area contributed by atoms with Crippen LogP contribution in [0.25, 0.3) is 44.2 Å². The molecule has 1 aromatic heterocycles. The number of hydrogen-bond acceptors (Lipinski definition) is 3. The monoisotopic (exact) mass is 532 g/mol. The van der Waals surface area contributed by atoms with E-state index in [-0.39, 0.29) is 5.41 Å². The highest BCUT2D eigenvalue weighted by molar-refractivity contribution is 6.65. The Labute approximate surface area is 239 Å². The maximum Gasteiger partial charge on any atom is 0.498 e. The SMILES string of the molecule is CC1(C)OB(c2cccc3c2oc2cc4c(cc23)-c2ccccc2C42c3ccccc3-c3ccccc32)OC1(C)C. The minimum Gasteiger partial charge on any atom is -0.456 e. The van der Waals surface area contributed by atoms with Gasteiger partial charge in [-0.05, 0) is 84.3 Å². The van der Waals surface area contributed by atoms with Crippen molar-refractivity contribution >= 4 is 34.5 Å². The van der Waals surface area contributed by atoms with Gasteiger partial charge in [-0.1, -0.05) is 91.0 Å². The Kier molecular flexibility index (Phi) is 4.36. The maximum atomic E-state index is 6.78. The molecule has 0 radical (unpaired) electrons. The molecule has 1 saturated heterocycles. The number of rotatable bonds is 1. The molecule has 1 spiro atoms.